The number of hydrogen-bond acceptors (Lipinski definition) is 7. The molecule has 0 aliphatic heterocycles. The van der Waals surface area contributed by atoms with Gasteiger partial charge < -0.3 is 20.3 Å². The number of amides is 2. The lowest BCUT2D eigenvalue weighted by Gasteiger charge is -2.16. The van der Waals surface area contributed by atoms with Gasteiger partial charge in [0.05, 0.1) is 35.5 Å². The maximum Gasteiger partial charge on any atom is 0.416 e. The summed E-state index contributed by atoms with van der Waals surface area (Å²) in [6.07, 6.45) is 1.69. The average Bonchev–Trinajstić information content (AvgIpc) is 3.47. The molecule has 0 unspecified atom stereocenters. The lowest BCUT2D eigenvalue weighted by Crippen LogP contribution is -2.20. The largest absolute Gasteiger partial charge is 0.424 e. The number of ether oxygens (including phenoxy) is 1. The lowest BCUT2D eigenvalue weighted by molar-refractivity contribution is -0.137. The lowest BCUT2D eigenvalue weighted by atomic mass is 9.97. The highest BCUT2D eigenvalue weighted by Gasteiger charge is 2.31. The summed E-state index contributed by atoms with van der Waals surface area (Å²) < 4.78 is 48.0. The third-order valence-corrected chi connectivity index (χ3v) is 7.49. The molecular weight excluding hydrogens is 609 g/mol. The van der Waals surface area contributed by atoms with Gasteiger partial charge in [0, 0.05) is 31.4 Å². The molecule has 3 aromatic carbocycles. The molecule has 0 saturated heterocycles. The summed E-state index contributed by atoms with van der Waals surface area (Å²) >= 11 is 0. The van der Waals surface area contributed by atoms with Gasteiger partial charge in [0.15, 0.2) is 5.65 Å². The second-order valence-electron chi connectivity index (χ2n) is 11.0. The van der Waals surface area contributed by atoms with Gasteiger partial charge in [-0.05, 0) is 66.4 Å². The number of anilines is 3. The number of halogens is 3. The van der Waals surface area contributed by atoms with Crippen LogP contribution in [0.25, 0.3) is 27.9 Å². The van der Waals surface area contributed by atoms with E-state index in [9.17, 15) is 18.0 Å². The van der Waals surface area contributed by atoms with Crippen LogP contribution in [-0.4, -0.2) is 44.7 Å². The number of aromatic nitrogens is 5. The zero-order chi connectivity index (χ0) is 33.3. The first-order chi connectivity index (χ1) is 22.4. The van der Waals surface area contributed by atoms with Gasteiger partial charge >= 0.3 is 18.2 Å². The van der Waals surface area contributed by atoms with E-state index in [4.69, 9.17) is 4.74 Å². The molecule has 6 aromatic rings. The molecule has 10 nitrogen and oxygen atoms in total. The van der Waals surface area contributed by atoms with Crippen molar-refractivity contribution >= 4 is 28.9 Å². The second kappa shape index (κ2) is 12.4. The first-order valence-electron chi connectivity index (χ1n) is 14.4. The molecule has 13 heteroatoms. The molecule has 2 N–H and O–H groups in total. The Labute approximate surface area is 267 Å². The highest BCUT2D eigenvalue weighted by atomic mass is 19.4. The zero-order valence-corrected chi connectivity index (χ0v) is 25.8. The van der Waals surface area contributed by atoms with Crippen LogP contribution in [-0.2, 0) is 6.18 Å². The van der Waals surface area contributed by atoms with E-state index < -0.39 is 17.8 Å². The molecule has 0 spiro atoms. The van der Waals surface area contributed by atoms with Gasteiger partial charge in [0.2, 0.25) is 0 Å². The Morgan fingerprint density at radius 2 is 1.55 bits per heavy atom. The van der Waals surface area contributed by atoms with Crippen LogP contribution < -0.4 is 20.3 Å². The molecule has 238 valence electrons. The molecular formula is C34H29F3N8O2. The predicted molar refractivity (Wildman–Crippen MR) is 174 cm³/mol. The van der Waals surface area contributed by atoms with Crippen molar-refractivity contribution in [2.24, 2.45) is 0 Å². The van der Waals surface area contributed by atoms with Crippen LogP contribution in [0.1, 0.15) is 16.7 Å². The second-order valence-corrected chi connectivity index (χ2v) is 11.0. The number of hydrogen-bond donors (Lipinski definition) is 2. The first-order valence-corrected chi connectivity index (χ1v) is 14.4. The normalized spacial score (nSPS) is 11.4. The maximum atomic E-state index is 13.5. The maximum absolute atomic E-state index is 13.5. The van der Waals surface area contributed by atoms with E-state index in [0.717, 1.165) is 45.9 Å². The topological polar surface area (TPSA) is 110 Å². The third kappa shape index (κ3) is 6.83. The van der Waals surface area contributed by atoms with E-state index in [1.165, 1.54) is 18.5 Å². The fourth-order valence-electron chi connectivity index (χ4n) is 4.82. The van der Waals surface area contributed by atoms with Crippen molar-refractivity contribution in [3.8, 4) is 34.0 Å². The molecule has 6 rings (SSSR count). The van der Waals surface area contributed by atoms with Crippen LogP contribution in [0.15, 0.2) is 91.5 Å². The summed E-state index contributed by atoms with van der Waals surface area (Å²) in [6.45, 7) is 3.85. The number of rotatable bonds is 7. The molecule has 0 atom stereocenters. The average molecular weight is 639 g/mol. The van der Waals surface area contributed by atoms with Crippen molar-refractivity contribution in [1.82, 2.24) is 24.6 Å². The molecule has 0 fully saturated rings. The molecule has 0 saturated carbocycles. The minimum Gasteiger partial charge on any atom is -0.424 e. The molecule has 0 aliphatic carbocycles. The van der Waals surface area contributed by atoms with Gasteiger partial charge in [-0.1, -0.05) is 36.4 Å². The van der Waals surface area contributed by atoms with Gasteiger partial charge in [0.25, 0.3) is 0 Å². The van der Waals surface area contributed by atoms with Crippen LogP contribution in [0.2, 0.25) is 0 Å². The van der Waals surface area contributed by atoms with Crippen molar-refractivity contribution in [3.63, 3.8) is 0 Å². The molecule has 47 heavy (non-hydrogen) atoms. The van der Waals surface area contributed by atoms with Crippen molar-refractivity contribution < 1.29 is 22.7 Å². The van der Waals surface area contributed by atoms with Crippen LogP contribution in [0.5, 0.6) is 11.8 Å². The highest BCUT2D eigenvalue weighted by Crippen LogP contribution is 2.36. The van der Waals surface area contributed by atoms with Crippen LogP contribution in [0.4, 0.5) is 35.2 Å². The Morgan fingerprint density at radius 3 is 2.23 bits per heavy atom. The van der Waals surface area contributed by atoms with Gasteiger partial charge in [-0.3, -0.25) is 0 Å². The van der Waals surface area contributed by atoms with E-state index in [1.807, 2.05) is 69.4 Å². The van der Waals surface area contributed by atoms with Crippen molar-refractivity contribution in [3.05, 3.63) is 108 Å². The van der Waals surface area contributed by atoms with Crippen molar-refractivity contribution in [1.29, 1.82) is 0 Å². The number of urea groups is 1. The highest BCUT2D eigenvalue weighted by molar-refractivity contribution is 6.02. The Bertz CT molecular complexity index is 2080. The smallest absolute Gasteiger partial charge is 0.416 e. The standard InChI is InChI=1S/C34H29F3N8O2/c1-20-5-6-23(15-21(20)2)27-12-9-24(34(35,36)37)16-29(27)42-32(46)41-25-17-38-33(39-18-25)47-26-10-7-22(8-11-26)28-19-40-45-14-13-30(44(3)4)43-31(28)45/h5-19H,1-4H3,(H2,41,42,46). The number of alkyl halides is 3. The fraction of sp³-hybridized carbons (Fsp3) is 0.147. The Balaban J connectivity index is 1.13. The third-order valence-electron chi connectivity index (χ3n) is 7.49. The molecule has 2 amide bonds. The van der Waals surface area contributed by atoms with Crippen molar-refractivity contribution in [2.45, 2.75) is 20.0 Å². The van der Waals surface area contributed by atoms with Gasteiger partial charge in [-0.15, -0.1) is 0 Å². The van der Waals surface area contributed by atoms with E-state index in [-0.39, 0.29) is 17.4 Å². The quantitative estimate of drug-likeness (QED) is 0.182. The predicted octanol–water partition coefficient (Wildman–Crippen LogP) is 7.99. The Hall–Kier alpha value is -5.98. The first kappa shape index (κ1) is 31.0. The van der Waals surface area contributed by atoms with E-state index >= 15 is 0 Å². The van der Waals surface area contributed by atoms with E-state index in [2.05, 4.69) is 30.7 Å². The monoisotopic (exact) mass is 638 g/mol. The summed E-state index contributed by atoms with van der Waals surface area (Å²) in [5.41, 5.74) is 4.92. The van der Waals surface area contributed by atoms with Gasteiger partial charge in [-0.25, -0.2) is 24.3 Å². The number of benzene rings is 3. The molecule has 0 aliphatic rings. The molecule has 3 aromatic heterocycles. The number of aryl methyl sites for hydroxylation is 2. The summed E-state index contributed by atoms with van der Waals surface area (Å²) in [4.78, 5) is 27.8. The van der Waals surface area contributed by atoms with Gasteiger partial charge in [0.1, 0.15) is 11.6 Å². The zero-order valence-electron chi connectivity index (χ0n) is 25.8. The van der Waals surface area contributed by atoms with E-state index in [0.29, 0.717) is 16.9 Å². The SMILES string of the molecule is Cc1ccc(-c2ccc(C(F)(F)F)cc2NC(=O)Nc2cnc(Oc3ccc(-c4cnn5ccc(N(C)C)nc45)cc3)nc2)cc1C. The van der Waals surface area contributed by atoms with Crippen molar-refractivity contribution in [2.75, 3.05) is 29.6 Å². The summed E-state index contributed by atoms with van der Waals surface area (Å²) in [6, 6.07) is 17.2. The van der Waals surface area contributed by atoms with E-state index in [1.54, 1.807) is 28.9 Å². The van der Waals surface area contributed by atoms with Crippen LogP contribution >= 0.6 is 0 Å². The summed E-state index contributed by atoms with van der Waals surface area (Å²) in [5.74, 6) is 1.29. The minimum atomic E-state index is -4.58. The number of nitrogens with zero attached hydrogens (tertiary/aromatic N) is 6. The fourth-order valence-corrected chi connectivity index (χ4v) is 4.82. The number of fused-ring (bicyclic) bond motifs is 1. The Morgan fingerprint density at radius 1 is 0.830 bits per heavy atom. The number of carbonyl (C=O) groups is 1. The van der Waals surface area contributed by atoms with Gasteiger partial charge in [-0.2, -0.15) is 18.3 Å². The van der Waals surface area contributed by atoms with Crippen LogP contribution in [0.3, 0.4) is 0 Å². The molecule has 3 heterocycles. The number of nitrogens with one attached hydrogen (secondary N) is 2. The molecule has 0 radical (unpaired) electrons. The Kier molecular flexibility index (Phi) is 8.20. The summed E-state index contributed by atoms with van der Waals surface area (Å²) in [5, 5.41) is 9.48. The summed E-state index contributed by atoms with van der Waals surface area (Å²) in [7, 11) is 3.84. The number of carbonyl (C=O) groups excluding carboxylic acids is 1. The molecule has 0 bridgehead atoms. The minimum absolute atomic E-state index is 0.00272. The van der Waals surface area contributed by atoms with Crippen LogP contribution in [0, 0.1) is 13.8 Å².